The van der Waals surface area contributed by atoms with E-state index in [2.05, 4.69) is 10.4 Å². The van der Waals surface area contributed by atoms with Gasteiger partial charge in [0.05, 0.1) is 6.10 Å². The van der Waals surface area contributed by atoms with E-state index in [9.17, 15) is 9.90 Å². The molecule has 0 spiro atoms. The number of nitrogen functional groups attached to an aromatic ring is 1. The maximum Gasteiger partial charge on any atom is 0.254 e. The topological polar surface area (TPSA) is 91.5 Å². The van der Waals surface area contributed by atoms with E-state index in [0.717, 1.165) is 25.0 Å². The molecule has 21 heavy (non-hydrogen) atoms. The number of aliphatic hydroxyl groups excluding tert-OH is 1. The highest BCUT2D eigenvalue weighted by atomic mass is 16.3. The molecule has 2 unspecified atom stereocenters. The van der Waals surface area contributed by atoms with Crippen LogP contribution in [0.25, 0.3) is 0 Å². The Morgan fingerprint density at radius 2 is 2.10 bits per heavy atom. The summed E-state index contributed by atoms with van der Waals surface area (Å²) in [6.45, 7) is 2.00. The maximum absolute atomic E-state index is 12.9. The molecule has 2 aliphatic rings. The normalized spacial score (nSPS) is 27.8. The maximum atomic E-state index is 12.9. The third-order valence-electron chi connectivity index (χ3n) is 4.58. The van der Waals surface area contributed by atoms with Gasteiger partial charge >= 0.3 is 0 Å². The van der Waals surface area contributed by atoms with Crippen molar-refractivity contribution < 1.29 is 9.90 Å². The van der Waals surface area contributed by atoms with E-state index in [0.29, 0.717) is 24.2 Å². The first kappa shape index (κ1) is 14.3. The average Bonchev–Trinajstić information content (AvgIpc) is 2.77. The fourth-order valence-corrected chi connectivity index (χ4v) is 3.60. The number of nitrogens with zero attached hydrogens (tertiary/aromatic N) is 2. The lowest BCUT2D eigenvalue weighted by molar-refractivity contribution is 0.0287. The Kier molecular flexibility index (Phi) is 3.82. The van der Waals surface area contributed by atoms with Gasteiger partial charge in [-0.2, -0.15) is 0 Å². The average molecular weight is 290 g/mol. The molecule has 4 N–H and O–H groups in total. The quantitative estimate of drug-likeness (QED) is 0.572. The van der Waals surface area contributed by atoms with Gasteiger partial charge in [-0.3, -0.25) is 4.79 Å². The summed E-state index contributed by atoms with van der Waals surface area (Å²) < 4.78 is 0. The van der Waals surface area contributed by atoms with Crippen molar-refractivity contribution in [2.24, 2.45) is 5.84 Å². The Morgan fingerprint density at radius 1 is 1.43 bits per heavy atom. The molecular weight excluding hydrogens is 268 g/mol. The first-order valence-corrected chi connectivity index (χ1v) is 7.60. The lowest BCUT2D eigenvalue weighted by Crippen LogP contribution is -2.48. The summed E-state index contributed by atoms with van der Waals surface area (Å²) in [7, 11) is 0. The molecule has 3 rings (SSSR count). The molecule has 1 aromatic heterocycles. The Morgan fingerprint density at radius 3 is 2.67 bits per heavy atom. The van der Waals surface area contributed by atoms with Crippen LogP contribution in [-0.4, -0.2) is 39.1 Å². The standard InChI is InChI=1S/C15H22N4O2/c1-2-10-5-9(6-14(17-10)18-16)15(21)19-11-3-4-12(19)8-13(20)7-11/h5-6,11-13,20H,2-4,7-8,16H2,1H3,(H,17,18). The van der Waals surface area contributed by atoms with Crippen LogP contribution in [0, 0.1) is 0 Å². The molecule has 1 aromatic rings. The van der Waals surface area contributed by atoms with Crippen molar-refractivity contribution in [3.05, 3.63) is 23.4 Å². The van der Waals surface area contributed by atoms with E-state index in [4.69, 9.17) is 5.84 Å². The molecule has 2 bridgehead atoms. The van der Waals surface area contributed by atoms with E-state index in [-0.39, 0.29) is 24.1 Å². The highest BCUT2D eigenvalue weighted by Crippen LogP contribution is 2.36. The van der Waals surface area contributed by atoms with Crippen molar-refractivity contribution >= 4 is 11.7 Å². The molecule has 2 fully saturated rings. The number of nitrogens with one attached hydrogen (secondary N) is 1. The molecule has 0 aliphatic carbocycles. The number of fused-ring (bicyclic) bond motifs is 2. The van der Waals surface area contributed by atoms with E-state index in [1.165, 1.54) is 0 Å². The van der Waals surface area contributed by atoms with Crippen LogP contribution in [0.4, 0.5) is 5.82 Å². The van der Waals surface area contributed by atoms with Gasteiger partial charge in [0.2, 0.25) is 0 Å². The SMILES string of the molecule is CCc1cc(C(=O)N2C3CCC2CC(O)C3)cc(NN)n1. The smallest absolute Gasteiger partial charge is 0.254 e. The number of hydrogen-bond donors (Lipinski definition) is 3. The molecule has 6 nitrogen and oxygen atoms in total. The monoisotopic (exact) mass is 290 g/mol. The van der Waals surface area contributed by atoms with Gasteiger partial charge in [0.25, 0.3) is 5.91 Å². The fraction of sp³-hybridized carbons (Fsp3) is 0.600. The number of hydrazine groups is 1. The number of piperidine rings is 1. The second-order valence-electron chi connectivity index (χ2n) is 5.95. The predicted octanol–water partition coefficient (Wildman–Crippen LogP) is 1.06. The van der Waals surface area contributed by atoms with Crippen molar-refractivity contribution in [1.29, 1.82) is 0 Å². The Bertz CT molecular complexity index is 512. The van der Waals surface area contributed by atoms with Gasteiger partial charge in [0.15, 0.2) is 0 Å². The van der Waals surface area contributed by atoms with Gasteiger partial charge in [0.1, 0.15) is 5.82 Å². The molecule has 114 valence electrons. The summed E-state index contributed by atoms with van der Waals surface area (Å²) >= 11 is 0. The van der Waals surface area contributed by atoms with Crippen LogP contribution >= 0.6 is 0 Å². The number of aliphatic hydroxyl groups is 1. The van der Waals surface area contributed by atoms with E-state index < -0.39 is 0 Å². The number of aromatic nitrogens is 1. The number of anilines is 1. The number of carbonyl (C=O) groups excluding carboxylic acids is 1. The molecule has 0 saturated carbocycles. The second kappa shape index (κ2) is 5.61. The van der Waals surface area contributed by atoms with E-state index >= 15 is 0 Å². The summed E-state index contributed by atoms with van der Waals surface area (Å²) in [5.74, 6) is 5.98. The van der Waals surface area contributed by atoms with Crippen LogP contribution in [0.2, 0.25) is 0 Å². The minimum absolute atomic E-state index is 0.0306. The van der Waals surface area contributed by atoms with Crippen molar-refractivity contribution in [3.8, 4) is 0 Å². The zero-order valence-corrected chi connectivity index (χ0v) is 12.2. The number of pyridine rings is 1. The number of carbonyl (C=O) groups is 1. The Balaban J connectivity index is 1.89. The van der Waals surface area contributed by atoms with Crippen molar-refractivity contribution in [2.45, 2.75) is 57.2 Å². The highest BCUT2D eigenvalue weighted by Gasteiger charge is 2.43. The lowest BCUT2D eigenvalue weighted by Gasteiger charge is -2.37. The van der Waals surface area contributed by atoms with Crippen LogP contribution in [0.5, 0.6) is 0 Å². The van der Waals surface area contributed by atoms with Gasteiger partial charge in [-0.1, -0.05) is 6.92 Å². The molecule has 3 heterocycles. The van der Waals surface area contributed by atoms with Gasteiger partial charge in [-0.05, 0) is 44.2 Å². The van der Waals surface area contributed by atoms with Crippen LogP contribution in [0.15, 0.2) is 12.1 Å². The minimum Gasteiger partial charge on any atom is -0.393 e. The highest BCUT2D eigenvalue weighted by molar-refractivity contribution is 5.95. The van der Waals surface area contributed by atoms with E-state index in [1.54, 1.807) is 6.07 Å². The lowest BCUT2D eigenvalue weighted by atomic mass is 9.98. The van der Waals surface area contributed by atoms with Crippen molar-refractivity contribution in [3.63, 3.8) is 0 Å². The zero-order chi connectivity index (χ0) is 15.0. The number of rotatable bonds is 3. The van der Waals surface area contributed by atoms with Crippen LogP contribution < -0.4 is 11.3 Å². The van der Waals surface area contributed by atoms with Crippen molar-refractivity contribution in [1.82, 2.24) is 9.88 Å². The summed E-state index contributed by atoms with van der Waals surface area (Å²) in [4.78, 5) is 19.1. The summed E-state index contributed by atoms with van der Waals surface area (Å²) in [5.41, 5.74) is 4.00. The molecule has 6 heteroatoms. The molecule has 1 amide bonds. The predicted molar refractivity (Wildman–Crippen MR) is 79.6 cm³/mol. The molecule has 2 aliphatic heterocycles. The Labute approximate surface area is 124 Å². The van der Waals surface area contributed by atoms with Crippen LogP contribution in [0.3, 0.4) is 0 Å². The van der Waals surface area contributed by atoms with E-state index in [1.807, 2.05) is 17.9 Å². The third kappa shape index (κ3) is 2.61. The number of nitrogens with two attached hydrogens (primary N) is 1. The summed E-state index contributed by atoms with van der Waals surface area (Å²) in [5, 5.41) is 9.85. The summed E-state index contributed by atoms with van der Waals surface area (Å²) in [6, 6.07) is 3.87. The molecule has 2 saturated heterocycles. The molecule has 0 aromatic carbocycles. The largest absolute Gasteiger partial charge is 0.393 e. The van der Waals surface area contributed by atoms with Crippen molar-refractivity contribution in [2.75, 3.05) is 5.43 Å². The van der Waals surface area contributed by atoms with Gasteiger partial charge in [0, 0.05) is 23.3 Å². The first-order chi connectivity index (χ1) is 10.1. The second-order valence-corrected chi connectivity index (χ2v) is 5.95. The number of hydrogen-bond acceptors (Lipinski definition) is 5. The van der Waals surface area contributed by atoms with Crippen LogP contribution in [0.1, 0.15) is 48.7 Å². The molecule has 0 radical (unpaired) electrons. The minimum atomic E-state index is -0.267. The number of amides is 1. The fourth-order valence-electron chi connectivity index (χ4n) is 3.60. The number of aryl methyl sites for hydroxylation is 1. The summed E-state index contributed by atoms with van der Waals surface area (Å²) in [6.07, 6.45) is 3.84. The Hall–Kier alpha value is -1.66. The zero-order valence-electron chi connectivity index (χ0n) is 12.2. The van der Waals surface area contributed by atoms with Gasteiger partial charge in [-0.25, -0.2) is 10.8 Å². The van der Waals surface area contributed by atoms with Crippen LogP contribution in [-0.2, 0) is 6.42 Å². The molecular formula is C15H22N4O2. The third-order valence-corrected chi connectivity index (χ3v) is 4.58. The van der Waals surface area contributed by atoms with Gasteiger partial charge < -0.3 is 15.4 Å². The molecule has 2 atom stereocenters. The first-order valence-electron chi connectivity index (χ1n) is 7.60. The van der Waals surface area contributed by atoms with Gasteiger partial charge in [-0.15, -0.1) is 0 Å².